The normalized spacial score (nSPS) is 9.82. The van der Waals surface area contributed by atoms with Crippen molar-refractivity contribution >= 4 is 17.6 Å². The number of nitrogen functional groups attached to an aromatic ring is 1. The first-order chi connectivity index (χ1) is 10.7. The minimum atomic E-state index is -0.593. The number of nitrogens with two attached hydrogens (primary N) is 1. The maximum Gasteiger partial charge on any atom is 0.321 e. The van der Waals surface area contributed by atoms with E-state index in [1.165, 1.54) is 0 Å². The van der Waals surface area contributed by atoms with Crippen LogP contribution in [0.15, 0.2) is 54.6 Å². The van der Waals surface area contributed by atoms with Crippen molar-refractivity contribution in [1.82, 2.24) is 10.6 Å². The van der Waals surface area contributed by atoms with Crippen LogP contribution < -0.4 is 21.1 Å². The highest BCUT2D eigenvalue weighted by Crippen LogP contribution is 2.09. The van der Waals surface area contributed by atoms with Crippen molar-refractivity contribution in [1.29, 1.82) is 0 Å². The van der Waals surface area contributed by atoms with Crippen molar-refractivity contribution in [2.75, 3.05) is 18.9 Å². The zero-order valence-corrected chi connectivity index (χ0v) is 11.9. The molecule has 0 aliphatic heterocycles. The summed E-state index contributed by atoms with van der Waals surface area (Å²) >= 11 is 0. The highest BCUT2D eigenvalue weighted by Gasteiger charge is 2.11. The molecule has 0 unspecified atom stereocenters. The van der Waals surface area contributed by atoms with E-state index in [4.69, 9.17) is 10.5 Å². The molecule has 114 valence electrons. The summed E-state index contributed by atoms with van der Waals surface area (Å²) in [5.41, 5.74) is 6.25. The number of hydrogen-bond donors (Lipinski definition) is 3. The van der Waals surface area contributed by atoms with Crippen LogP contribution in [-0.4, -0.2) is 25.1 Å². The third kappa shape index (κ3) is 4.52. The van der Waals surface area contributed by atoms with Gasteiger partial charge in [0.15, 0.2) is 0 Å². The molecule has 2 rings (SSSR count). The Labute approximate surface area is 128 Å². The number of nitrogens with one attached hydrogen (secondary N) is 2. The molecule has 2 aromatic rings. The van der Waals surface area contributed by atoms with E-state index in [-0.39, 0.29) is 12.1 Å². The molecule has 22 heavy (non-hydrogen) atoms. The second-order valence-corrected chi connectivity index (χ2v) is 4.46. The fraction of sp³-hybridized carbons (Fsp3) is 0.125. The molecule has 0 aromatic heterocycles. The molecule has 0 aliphatic carbocycles. The number of imide groups is 1. The van der Waals surface area contributed by atoms with E-state index in [9.17, 15) is 9.59 Å². The molecule has 6 nitrogen and oxygen atoms in total. The summed E-state index contributed by atoms with van der Waals surface area (Å²) in [4.78, 5) is 23.5. The van der Waals surface area contributed by atoms with Gasteiger partial charge in [-0.25, -0.2) is 4.79 Å². The van der Waals surface area contributed by atoms with E-state index in [0.29, 0.717) is 12.3 Å². The van der Waals surface area contributed by atoms with Crippen LogP contribution in [0.4, 0.5) is 10.5 Å². The lowest BCUT2D eigenvalue weighted by molar-refractivity contribution is 0.0964. The molecule has 0 saturated heterocycles. The Kier molecular flexibility index (Phi) is 5.37. The Hall–Kier alpha value is -3.02. The molecule has 0 atom stereocenters. The number of amides is 3. The van der Waals surface area contributed by atoms with Gasteiger partial charge in [-0.15, -0.1) is 0 Å². The van der Waals surface area contributed by atoms with Gasteiger partial charge in [0.1, 0.15) is 12.4 Å². The van der Waals surface area contributed by atoms with E-state index >= 15 is 0 Å². The predicted molar refractivity (Wildman–Crippen MR) is 83.7 cm³/mol. The summed E-state index contributed by atoms with van der Waals surface area (Å²) in [7, 11) is 0. The number of ether oxygens (including phenoxy) is 1. The van der Waals surface area contributed by atoms with Gasteiger partial charge in [-0.3, -0.25) is 10.1 Å². The Morgan fingerprint density at radius 3 is 2.41 bits per heavy atom. The monoisotopic (exact) mass is 299 g/mol. The van der Waals surface area contributed by atoms with Crippen LogP contribution in [0.3, 0.4) is 0 Å². The van der Waals surface area contributed by atoms with E-state index in [1.54, 1.807) is 24.3 Å². The first-order valence-corrected chi connectivity index (χ1v) is 6.78. The summed E-state index contributed by atoms with van der Waals surface area (Å²) in [6, 6.07) is 15.2. The predicted octanol–water partition coefficient (Wildman–Crippen LogP) is 1.79. The van der Waals surface area contributed by atoms with Gasteiger partial charge in [0.25, 0.3) is 5.91 Å². The third-order valence-corrected chi connectivity index (χ3v) is 2.83. The summed E-state index contributed by atoms with van der Waals surface area (Å²) in [6.45, 7) is 0.581. The van der Waals surface area contributed by atoms with Crippen LogP contribution in [-0.2, 0) is 0 Å². The number of rotatable bonds is 5. The van der Waals surface area contributed by atoms with Crippen LogP contribution >= 0.6 is 0 Å². The molecule has 0 fully saturated rings. The SMILES string of the molecule is Nc1ccccc1C(=O)NC(=O)NCCOc1ccccc1. The molecule has 0 heterocycles. The van der Waals surface area contributed by atoms with Gasteiger partial charge in [-0.2, -0.15) is 0 Å². The minimum Gasteiger partial charge on any atom is -0.492 e. The van der Waals surface area contributed by atoms with Crippen LogP contribution in [0.5, 0.6) is 5.75 Å². The molecule has 4 N–H and O–H groups in total. The van der Waals surface area contributed by atoms with Crippen molar-refractivity contribution in [3.63, 3.8) is 0 Å². The number of carbonyl (C=O) groups excluding carboxylic acids is 2. The van der Waals surface area contributed by atoms with Crippen molar-refractivity contribution in [2.24, 2.45) is 0 Å². The minimum absolute atomic E-state index is 0.262. The topological polar surface area (TPSA) is 93.5 Å². The molecule has 6 heteroatoms. The summed E-state index contributed by atoms with van der Waals surface area (Å²) in [6.07, 6.45) is 0. The molecular weight excluding hydrogens is 282 g/mol. The number of benzene rings is 2. The molecule has 0 aliphatic rings. The summed E-state index contributed by atoms with van der Waals surface area (Å²) in [5.74, 6) is 0.178. The number of carbonyl (C=O) groups is 2. The van der Waals surface area contributed by atoms with Crippen molar-refractivity contribution in [3.8, 4) is 5.75 Å². The fourth-order valence-corrected chi connectivity index (χ4v) is 1.77. The van der Waals surface area contributed by atoms with Gasteiger partial charge in [0, 0.05) is 5.69 Å². The van der Waals surface area contributed by atoms with Gasteiger partial charge in [0.2, 0.25) is 0 Å². The molecule has 3 amide bonds. The Morgan fingerprint density at radius 1 is 1.00 bits per heavy atom. The highest BCUT2D eigenvalue weighted by molar-refractivity contribution is 6.07. The highest BCUT2D eigenvalue weighted by atomic mass is 16.5. The van der Waals surface area contributed by atoms with Crippen molar-refractivity contribution in [3.05, 3.63) is 60.2 Å². The molecule has 0 bridgehead atoms. The Morgan fingerprint density at radius 2 is 1.68 bits per heavy atom. The fourth-order valence-electron chi connectivity index (χ4n) is 1.77. The second-order valence-electron chi connectivity index (χ2n) is 4.46. The molecule has 0 radical (unpaired) electrons. The zero-order valence-electron chi connectivity index (χ0n) is 11.9. The van der Waals surface area contributed by atoms with E-state index in [0.717, 1.165) is 5.75 Å². The zero-order chi connectivity index (χ0) is 15.8. The lowest BCUT2D eigenvalue weighted by atomic mass is 10.2. The van der Waals surface area contributed by atoms with E-state index in [1.807, 2.05) is 30.3 Å². The number of anilines is 1. The second kappa shape index (κ2) is 7.68. The van der Waals surface area contributed by atoms with Gasteiger partial charge < -0.3 is 15.8 Å². The molecule has 2 aromatic carbocycles. The average molecular weight is 299 g/mol. The van der Waals surface area contributed by atoms with Gasteiger partial charge in [0.05, 0.1) is 12.1 Å². The smallest absolute Gasteiger partial charge is 0.321 e. The van der Waals surface area contributed by atoms with Crippen LogP contribution in [0.1, 0.15) is 10.4 Å². The summed E-state index contributed by atoms with van der Waals surface area (Å²) < 4.78 is 5.42. The first-order valence-electron chi connectivity index (χ1n) is 6.78. The van der Waals surface area contributed by atoms with E-state index < -0.39 is 11.9 Å². The Balaban J connectivity index is 1.72. The Bertz CT molecular complexity index is 644. The third-order valence-electron chi connectivity index (χ3n) is 2.83. The van der Waals surface area contributed by atoms with Crippen molar-refractivity contribution < 1.29 is 14.3 Å². The number of para-hydroxylation sites is 2. The number of urea groups is 1. The quantitative estimate of drug-likeness (QED) is 0.579. The van der Waals surface area contributed by atoms with Crippen molar-refractivity contribution in [2.45, 2.75) is 0 Å². The lowest BCUT2D eigenvalue weighted by Gasteiger charge is -2.09. The first kappa shape index (κ1) is 15.4. The van der Waals surface area contributed by atoms with Crippen LogP contribution in [0, 0.1) is 0 Å². The van der Waals surface area contributed by atoms with Crippen LogP contribution in [0.2, 0.25) is 0 Å². The standard InChI is InChI=1S/C16H17N3O3/c17-14-9-5-4-8-13(14)15(20)19-16(21)18-10-11-22-12-6-2-1-3-7-12/h1-9H,10-11,17H2,(H2,18,19,20,21). The molecule has 0 saturated carbocycles. The maximum absolute atomic E-state index is 11.8. The van der Waals surface area contributed by atoms with Gasteiger partial charge in [-0.1, -0.05) is 30.3 Å². The number of hydrogen-bond acceptors (Lipinski definition) is 4. The molecule has 0 spiro atoms. The lowest BCUT2D eigenvalue weighted by Crippen LogP contribution is -2.41. The molecular formula is C16H17N3O3. The summed E-state index contributed by atoms with van der Waals surface area (Å²) in [5, 5.41) is 4.75. The van der Waals surface area contributed by atoms with Crippen LogP contribution in [0.25, 0.3) is 0 Å². The largest absolute Gasteiger partial charge is 0.492 e. The van der Waals surface area contributed by atoms with Gasteiger partial charge in [-0.05, 0) is 24.3 Å². The van der Waals surface area contributed by atoms with E-state index in [2.05, 4.69) is 10.6 Å². The van der Waals surface area contributed by atoms with Gasteiger partial charge >= 0.3 is 6.03 Å². The maximum atomic E-state index is 11.8. The average Bonchev–Trinajstić information content (AvgIpc) is 2.53.